The second kappa shape index (κ2) is 8.04. The molecule has 7 heteroatoms. The highest BCUT2D eigenvalue weighted by Crippen LogP contribution is 2.29. The first-order valence-electron chi connectivity index (χ1n) is 9.49. The van der Waals surface area contributed by atoms with Crippen molar-refractivity contribution in [3.8, 4) is 5.75 Å². The van der Waals surface area contributed by atoms with Crippen LogP contribution in [0.25, 0.3) is 11.0 Å². The Bertz CT molecular complexity index is 954. The average Bonchev–Trinajstić information content (AvgIpc) is 3.08. The lowest BCUT2D eigenvalue weighted by Gasteiger charge is -2.19. The van der Waals surface area contributed by atoms with Gasteiger partial charge in [0.1, 0.15) is 16.9 Å². The van der Waals surface area contributed by atoms with Crippen LogP contribution in [-0.4, -0.2) is 24.2 Å². The molecule has 1 aliphatic carbocycles. The maximum atomic E-state index is 12.1. The van der Waals surface area contributed by atoms with E-state index in [1.54, 1.807) is 32.9 Å². The standard InChI is InChI=1S/C21H25NO6/c1-21(2,3)28-20(25)22-11-5-8-18(23)26-13-9-10-15-14-6-4-7-16(14)19(24)27-17(15)12-13/h9-10,12H,4-8,11H2,1-3H3,(H,22,25). The van der Waals surface area contributed by atoms with E-state index < -0.39 is 17.7 Å². The summed E-state index contributed by atoms with van der Waals surface area (Å²) in [5.74, 6) is -0.0902. The summed E-state index contributed by atoms with van der Waals surface area (Å²) in [6.45, 7) is 5.65. The number of ether oxygens (including phenoxy) is 2. The summed E-state index contributed by atoms with van der Waals surface area (Å²) in [6.07, 6.45) is 2.62. The van der Waals surface area contributed by atoms with Crippen LogP contribution in [-0.2, 0) is 22.4 Å². The minimum absolute atomic E-state index is 0.141. The Kier molecular flexibility index (Phi) is 5.72. The van der Waals surface area contributed by atoms with Crippen molar-refractivity contribution in [3.63, 3.8) is 0 Å². The number of rotatable bonds is 5. The molecule has 2 aromatic rings. The van der Waals surface area contributed by atoms with E-state index in [0.717, 1.165) is 35.8 Å². The Balaban J connectivity index is 1.53. The zero-order chi connectivity index (χ0) is 20.3. The first-order chi connectivity index (χ1) is 13.2. The summed E-state index contributed by atoms with van der Waals surface area (Å²) in [4.78, 5) is 35.6. The summed E-state index contributed by atoms with van der Waals surface area (Å²) in [7, 11) is 0. The Morgan fingerprint density at radius 3 is 2.68 bits per heavy atom. The predicted molar refractivity (Wildman–Crippen MR) is 104 cm³/mol. The Labute approximate surface area is 163 Å². The fourth-order valence-corrected chi connectivity index (χ4v) is 3.25. The number of benzene rings is 1. The van der Waals surface area contributed by atoms with E-state index in [9.17, 15) is 14.4 Å². The Hall–Kier alpha value is -2.83. The third-order valence-electron chi connectivity index (χ3n) is 4.40. The SMILES string of the molecule is CC(C)(C)OC(=O)NCCCC(=O)Oc1ccc2c3c(c(=O)oc2c1)CCC3. The molecule has 0 saturated heterocycles. The maximum absolute atomic E-state index is 12.1. The first-order valence-corrected chi connectivity index (χ1v) is 9.49. The lowest BCUT2D eigenvalue weighted by molar-refractivity contribution is -0.134. The molecule has 1 heterocycles. The number of fused-ring (bicyclic) bond motifs is 3. The Morgan fingerprint density at radius 1 is 1.18 bits per heavy atom. The van der Waals surface area contributed by atoms with Crippen LogP contribution in [0.4, 0.5) is 4.79 Å². The number of amides is 1. The quantitative estimate of drug-likeness (QED) is 0.365. The number of hydrogen-bond donors (Lipinski definition) is 1. The van der Waals surface area contributed by atoms with Gasteiger partial charge < -0.3 is 19.2 Å². The molecule has 1 aromatic carbocycles. The number of carbonyl (C=O) groups is 2. The van der Waals surface area contributed by atoms with Crippen LogP contribution >= 0.6 is 0 Å². The zero-order valence-electron chi connectivity index (χ0n) is 16.4. The van der Waals surface area contributed by atoms with Crippen molar-refractivity contribution in [3.05, 3.63) is 39.7 Å². The van der Waals surface area contributed by atoms with E-state index in [-0.39, 0.29) is 12.0 Å². The highest BCUT2D eigenvalue weighted by atomic mass is 16.6. The highest BCUT2D eigenvalue weighted by molar-refractivity contribution is 5.84. The molecule has 0 fully saturated rings. The van der Waals surface area contributed by atoms with Crippen molar-refractivity contribution in [1.29, 1.82) is 0 Å². The van der Waals surface area contributed by atoms with Gasteiger partial charge in [0.05, 0.1) is 0 Å². The normalized spacial score (nSPS) is 13.2. The highest BCUT2D eigenvalue weighted by Gasteiger charge is 2.20. The fraction of sp³-hybridized carbons (Fsp3) is 0.476. The fourth-order valence-electron chi connectivity index (χ4n) is 3.25. The molecule has 1 aliphatic rings. The number of aryl methyl sites for hydroxylation is 1. The minimum Gasteiger partial charge on any atom is -0.444 e. The van der Waals surface area contributed by atoms with Gasteiger partial charge in [-0.15, -0.1) is 0 Å². The molecule has 7 nitrogen and oxygen atoms in total. The second-order valence-electron chi connectivity index (χ2n) is 7.86. The molecule has 0 unspecified atom stereocenters. The molecule has 3 rings (SSSR count). The average molecular weight is 387 g/mol. The van der Waals surface area contributed by atoms with Gasteiger partial charge in [-0.05, 0) is 64.2 Å². The summed E-state index contributed by atoms with van der Waals surface area (Å²) in [6, 6.07) is 5.11. The Morgan fingerprint density at radius 2 is 1.93 bits per heavy atom. The van der Waals surface area contributed by atoms with Crippen molar-refractivity contribution in [2.45, 2.75) is 58.5 Å². The number of alkyl carbamates (subject to hydrolysis) is 1. The van der Waals surface area contributed by atoms with Crippen LogP contribution in [0.5, 0.6) is 5.75 Å². The smallest absolute Gasteiger partial charge is 0.407 e. The van der Waals surface area contributed by atoms with Crippen LogP contribution in [0.15, 0.2) is 27.4 Å². The van der Waals surface area contributed by atoms with Gasteiger partial charge in [0.15, 0.2) is 0 Å². The van der Waals surface area contributed by atoms with E-state index in [2.05, 4.69) is 5.32 Å². The van der Waals surface area contributed by atoms with Crippen LogP contribution in [0.2, 0.25) is 0 Å². The second-order valence-corrected chi connectivity index (χ2v) is 7.86. The van der Waals surface area contributed by atoms with Gasteiger partial charge in [-0.25, -0.2) is 9.59 Å². The van der Waals surface area contributed by atoms with Gasteiger partial charge in [0.25, 0.3) is 0 Å². The molecule has 0 atom stereocenters. The van der Waals surface area contributed by atoms with Crippen LogP contribution < -0.4 is 15.7 Å². The molecule has 150 valence electrons. The minimum atomic E-state index is -0.561. The molecule has 1 N–H and O–H groups in total. The molecular formula is C21H25NO6. The van der Waals surface area contributed by atoms with E-state index in [0.29, 0.717) is 24.3 Å². The summed E-state index contributed by atoms with van der Waals surface area (Å²) < 4.78 is 15.8. The van der Waals surface area contributed by atoms with Crippen molar-refractivity contribution >= 4 is 23.0 Å². The molecule has 0 saturated carbocycles. The van der Waals surface area contributed by atoms with Gasteiger partial charge in [-0.1, -0.05) is 0 Å². The summed E-state index contributed by atoms with van der Waals surface area (Å²) >= 11 is 0. The predicted octanol–water partition coefficient (Wildman–Crippen LogP) is 3.49. The van der Waals surface area contributed by atoms with E-state index >= 15 is 0 Å². The van der Waals surface area contributed by atoms with Crippen molar-refractivity contribution in [2.75, 3.05) is 6.54 Å². The van der Waals surface area contributed by atoms with Gasteiger partial charge in [0.2, 0.25) is 0 Å². The molecule has 0 spiro atoms. The van der Waals surface area contributed by atoms with Crippen molar-refractivity contribution in [2.24, 2.45) is 0 Å². The molecule has 1 aromatic heterocycles. The molecule has 0 bridgehead atoms. The van der Waals surface area contributed by atoms with E-state index in [1.165, 1.54) is 0 Å². The van der Waals surface area contributed by atoms with Crippen molar-refractivity contribution in [1.82, 2.24) is 5.32 Å². The van der Waals surface area contributed by atoms with Crippen molar-refractivity contribution < 1.29 is 23.5 Å². The van der Waals surface area contributed by atoms with Gasteiger partial charge in [0, 0.05) is 30.0 Å². The number of esters is 1. The van der Waals surface area contributed by atoms with Crippen LogP contribution in [0.1, 0.15) is 51.2 Å². The first kappa shape index (κ1) is 19.9. The lowest BCUT2D eigenvalue weighted by atomic mass is 10.1. The topological polar surface area (TPSA) is 94.8 Å². The summed E-state index contributed by atoms with van der Waals surface area (Å²) in [5, 5.41) is 3.49. The van der Waals surface area contributed by atoms with Gasteiger partial charge >= 0.3 is 17.7 Å². The number of nitrogens with one attached hydrogen (secondary N) is 1. The monoisotopic (exact) mass is 387 g/mol. The molecule has 28 heavy (non-hydrogen) atoms. The molecule has 0 radical (unpaired) electrons. The third kappa shape index (κ3) is 4.91. The third-order valence-corrected chi connectivity index (χ3v) is 4.40. The number of carbonyl (C=O) groups excluding carboxylic acids is 2. The largest absolute Gasteiger partial charge is 0.444 e. The zero-order valence-corrected chi connectivity index (χ0v) is 16.4. The maximum Gasteiger partial charge on any atom is 0.407 e. The molecule has 1 amide bonds. The molecule has 0 aliphatic heterocycles. The molecular weight excluding hydrogens is 362 g/mol. The van der Waals surface area contributed by atoms with Gasteiger partial charge in [-0.3, -0.25) is 4.79 Å². The number of hydrogen-bond acceptors (Lipinski definition) is 6. The van der Waals surface area contributed by atoms with Crippen LogP contribution in [0.3, 0.4) is 0 Å². The van der Waals surface area contributed by atoms with E-state index in [4.69, 9.17) is 13.9 Å². The van der Waals surface area contributed by atoms with Crippen LogP contribution in [0, 0.1) is 0 Å². The van der Waals surface area contributed by atoms with Gasteiger partial charge in [-0.2, -0.15) is 0 Å². The summed E-state index contributed by atoms with van der Waals surface area (Å²) in [5.41, 5.74) is 1.36. The van der Waals surface area contributed by atoms with E-state index in [1.807, 2.05) is 6.07 Å². The lowest BCUT2D eigenvalue weighted by Crippen LogP contribution is -2.33.